The standard InChI is InChI=1S/C11H16N2O.C4H6O4/c1-14-11-4-2-10(3-5-11)13-8-6-12-7-9-13;5-3(6)1-2-4(7)8/h2-5,12H,6-9H2,1H3;1-2H2,(H,5,6)(H,7,8). The number of rotatable bonds is 5. The maximum atomic E-state index is 9.64. The van der Waals surface area contributed by atoms with Crippen LogP contribution in [0.2, 0.25) is 0 Å². The molecular weight excluding hydrogens is 288 g/mol. The zero-order chi connectivity index (χ0) is 16.4. The van der Waals surface area contributed by atoms with Gasteiger partial charge >= 0.3 is 11.9 Å². The van der Waals surface area contributed by atoms with E-state index in [1.165, 1.54) is 5.69 Å². The van der Waals surface area contributed by atoms with Gasteiger partial charge in [-0.05, 0) is 24.3 Å². The van der Waals surface area contributed by atoms with Crippen LogP contribution >= 0.6 is 0 Å². The van der Waals surface area contributed by atoms with Crippen LogP contribution in [-0.4, -0.2) is 55.4 Å². The highest BCUT2D eigenvalue weighted by molar-refractivity contribution is 5.75. The zero-order valence-electron chi connectivity index (χ0n) is 12.6. The number of carboxylic acid groups (broad SMARTS) is 2. The van der Waals surface area contributed by atoms with Crippen molar-refractivity contribution in [1.29, 1.82) is 0 Å². The molecule has 0 bridgehead atoms. The van der Waals surface area contributed by atoms with Crippen molar-refractivity contribution < 1.29 is 24.5 Å². The van der Waals surface area contributed by atoms with Crippen molar-refractivity contribution in [1.82, 2.24) is 5.32 Å². The van der Waals surface area contributed by atoms with Crippen molar-refractivity contribution in [3.63, 3.8) is 0 Å². The molecule has 1 aromatic carbocycles. The molecule has 0 spiro atoms. The number of carboxylic acids is 2. The molecular formula is C15H22N2O5. The molecule has 0 atom stereocenters. The van der Waals surface area contributed by atoms with E-state index in [0.29, 0.717) is 0 Å². The van der Waals surface area contributed by atoms with E-state index in [1.807, 2.05) is 12.1 Å². The number of ether oxygens (including phenoxy) is 1. The predicted molar refractivity (Wildman–Crippen MR) is 82.6 cm³/mol. The van der Waals surface area contributed by atoms with Crippen LogP contribution in [0.5, 0.6) is 5.75 Å². The maximum absolute atomic E-state index is 9.64. The van der Waals surface area contributed by atoms with Gasteiger partial charge in [0.25, 0.3) is 0 Å². The number of hydrogen-bond donors (Lipinski definition) is 3. The Balaban J connectivity index is 0.000000261. The highest BCUT2D eigenvalue weighted by Gasteiger charge is 2.09. The molecule has 0 unspecified atom stereocenters. The molecule has 1 aliphatic rings. The van der Waals surface area contributed by atoms with E-state index in [4.69, 9.17) is 14.9 Å². The first-order chi connectivity index (χ1) is 10.5. The Bertz CT molecular complexity index is 455. The van der Waals surface area contributed by atoms with E-state index >= 15 is 0 Å². The summed E-state index contributed by atoms with van der Waals surface area (Å²) < 4.78 is 5.13. The quantitative estimate of drug-likeness (QED) is 0.747. The van der Waals surface area contributed by atoms with Crippen LogP contribution in [0, 0.1) is 0 Å². The summed E-state index contributed by atoms with van der Waals surface area (Å²) in [6, 6.07) is 8.25. The number of piperazine rings is 1. The highest BCUT2D eigenvalue weighted by Crippen LogP contribution is 2.19. The summed E-state index contributed by atoms with van der Waals surface area (Å²) >= 11 is 0. The molecule has 0 amide bonds. The summed E-state index contributed by atoms with van der Waals surface area (Å²) in [5.74, 6) is -1.23. The summed E-state index contributed by atoms with van der Waals surface area (Å²) in [6.45, 7) is 4.33. The number of hydrogen-bond acceptors (Lipinski definition) is 5. The average Bonchev–Trinajstić information content (AvgIpc) is 2.54. The Morgan fingerprint density at radius 2 is 1.59 bits per heavy atom. The third-order valence-electron chi connectivity index (χ3n) is 3.11. The molecule has 1 fully saturated rings. The second kappa shape index (κ2) is 9.62. The normalized spacial score (nSPS) is 13.8. The maximum Gasteiger partial charge on any atom is 0.303 e. The van der Waals surface area contributed by atoms with Crippen LogP contribution in [0.3, 0.4) is 0 Å². The van der Waals surface area contributed by atoms with E-state index in [-0.39, 0.29) is 12.8 Å². The lowest BCUT2D eigenvalue weighted by molar-refractivity contribution is -0.143. The fraction of sp³-hybridized carbons (Fsp3) is 0.467. The van der Waals surface area contributed by atoms with Crippen molar-refractivity contribution >= 4 is 17.6 Å². The number of nitrogens with zero attached hydrogens (tertiary/aromatic N) is 1. The molecule has 1 aliphatic heterocycles. The molecule has 0 radical (unpaired) electrons. The number of benzene rings is 1. The van der Waals surface area contributed by atoms with E-state index in [0.717, 1.165) is 31.9 Å². The van der Waals surface area contributed by atoms with Crippen molar-refractivity contribution in [2.45, 2.75) is 12.8 Å². The van der Waals surface area contributed by atoms with Gasteiger partial charge in [-0.3, -0.25) is 9.59 Å². The Kier molecular flexibility index (Phi) is 7.77. The Labute approximate surface area is 129 Å². The van der Waals surface area contributed by atoms with Gasteiger partial charge in [-0.15, -0.1) is 0 Å². The van der Waals surface area contributed by atoms with Gasteiger partial charge < -0.3 is 25.2 Å². The molecule has 22 heavy (non-hydrogen) atoms. The van der Waals surface area contributed by atoms with E-state index < -0.39 is 11.9 Å². The van der Waals surface area contributed by atoms with Crippen LogP contribution < -0.4 is 15.0 Å². The number of aliphatic carboxylic acids is 2. The highest BCUT2D eigenvalue weighted by atomic mass is 16.5. The molecule has 2 rings (SSSR count). The fourth-order valence-electron chi connectivity index (χ4n) is 1.93. The first kappa shape index (κ1) is 17.8. The molecule has 0 aromatic heterocycles. The van der Waals surface area contributed by atoms with Crippen molar-refractivity contribution in [2.24, 2.45) is 0 Å². The SMILES string of the molecule is COc1ccc(N2CCNCC2)cc1.O=C(O)CCC(=O)O. The monoisotopic (exact) mass is 310 g/mol. The number of nitrogens with one attached hydrogen (secondary N) is 1. The van der Waals surface area contributed by atoms with E-state index in [1.54, 1.807) is 7.11 Å². The predicted octanol–water partition coefficient (Wildman–Crippen LogP) is 1.04. The lowest BCUT2D eigenvalue weighted by Crippen LogP contribution is -2.43. The summed E-state index contributed by atoms with van der Waals surface area (Å²) in [5.41, 5.74) is 1.28. The van der Waals surface area contributed by atoms with Gasteiger partial charge in [0.1, 0.15) is 5.75 Å². The Morgan fingerprint density at radius 3 is 2.00 bits per heavy atom. The molecule has 7 heteroatoms. The minimum Gasteiger partial charge on any atom is -0.497 e. The zero-order valence-corrected chi connectivity index (χ0v) is 12.6. The second-order valence-electron chi connectivity index (χ2n) is 4.72. The third-order valence-corrected chi connectivity index (χ3v) is 3.11. The average molecular weight is 310 g/mol. The molecule has 1 saturated heterocycles. The summed E-state index contributed by atoms with van der Waals surface area (Å²) in [6.07, 6.45) is -0.593. The molecule has 0 saturated carbocycles. The van der Waals surface area contributed by atoms with Gasteiger partial charge in [0.05, 0.1) is 20.0 Å². The van der Waals surface area contributed by atoms with Crippen LogP contribution in [0.1, 0.15) is 12.8 Å². The van der Waals surface area contributed by atoms with Crippen LogP contribution in [0.15, 0.2) is 24.3 Å². The van der Waals surface area contributed by atoms with E-state index in [2.05, 4.69) is 22.3 Å². The lowest BCUT2D eigenvalue weighted by Gasteiger charge is -2.29. The molecule has 1 heterocycles. The molecule has 7 nitrogen and oxygen atoms in total. The Hall–Kier alpha value is -2.28. The number of methoxy groups -OCH3 is 1. The first-order valence-electron chi connectivity index (χ1n) is 7.06. The topological polar surface area (TPSA) is 99.1 Å². The van der Waals surface area contributed by atoms with E-state index in [9.17, 15) is 9.59 Å². The van der Waals surface area contributed by atoms with Gasteiger partial charge in [-0.1, -0.05) is 0 Å². The lowest BCUT2D eigenvalue weighted by atomic mass is 10.2. The summed E-state index contributed by atoms with van der Waals surface area (Å²) in [7, 11) is 1.69. The minimum absolute atomic E-state index is 0.296. The van der Waals surface area contributed by atoms with Gasteiger partial charge in [-0.2, -0.15) is 0 Å². The van der Waals surface area contributed by atoms with Crippen molar-refractivity contribution in [3.8, 4) is 5.75 Å². The van der Waals surface area contributed by atoms with Crippen molar-refractivity contribution in [3.05, 3.63) is 24.3 Å². The van der Waals surface area contributed by atoms with Crippen LogP contribution in [0.4, 0.5) is 5.69 Å². The van der Waals surface area contributed by atoms with Gasteiger partial charge in [0.2, 0.25) is 0 Å². The van der Waals surface area contributed by atoms with Gasteiger partial charge in [-0.25, -0.2) is 0 Å². The fourth-order valence-corrected chi connectivity index (χ4v) is 1.93. The summed E-state index contributed by atoms with van der Waals surface area (Å²) in [4.78, 5) is 21.7. The first-order valence-corrected chi connectivity index (χ1v) is 7.06. The molecule has 0 aliphatic carbocycles. The second-order valence-corrected chi connectivity index (χ2v) is 4.72. The third kappa shape index (κ3) is 6.94. The smallest absolute Gasteiger partial charge is 0.303 e. The van der Waals surface area contributed by atoms with Crippen LogP contribution in [-0.2, 0) is 9.59 Å². The Morgan fingerprint density at radius 1 is 1.09 bits per heavy atom. The molecule has 1 aromatic rings. The molecule has 122 valence electrons. The van der Waals surface area contributed by atoms with Gasteiger partial charge in [0.15, 0.2) is 0 Å². The van der Waals surface area contributed by atoms with Crippen molar-refractivity contribution in [2.75, 3.05) is 38.2 Å². The molecule has 3 N–H and O–H groups in total. The van der Waals surface area contributed by atoms with Crippen LogP contribution in [0.25, 0.3) is 0 Å². The number of carbonyl (C=O) groups is 2. The van der Waals surface area contributed by atoms with Gasteiger partial charge in [0, 0.05) is 31.9 Å². The summed E-state index contributed by atoms with van der Waals surface area (Å²) in [5, 5.41) is 19.1. The largest absolute Gasteiger partial charge is 0.497 e. The minimum atomic E-state index is -1.08. The number of anilines is 1.